The predicted molar refractivity (Wildman–Crippen MR) is 52.4 cm³/mol. The van der Waals surface area contributed by atoms with Crippen LogP contribution in [0.2, 0.25) is 0 Å². The van der Waals surface area contributed by atoms with Gasteiger partial charge in [-0.1, -0.05) is 11.6 Å². The molecule has 0 unspecified atom stereocenters. The average Bonchev–Trinajstić information content (AvgIpc) is 2.12. The first kappa shape index (κ1) is 16.5. The maximum absolute atomic E-state index is 12.4. The van der Waals surface area contributed by atoms with Crippen molar-refractivity contribution in [2.75, 3.05) is 13.9 Å². The summed E-state index contributed by atoms with van der Waals surface area (Å²) in [5.41, 5.74) is -0.420. The maximum Gasteiger partial charge on any atom is 1.00 e. The van der Waals surface area contributed by atoms with Gasteiger partial charge in [-0.2, -0.15) is 0 Å². The molecule has 0 aliphatic rings. The Bertz CT molecular complexity index is 344. The number of rotatable bonds is 4. The summed E-state index contributed by atoms with van der Waals surface area (Å²) in [6.45, 7) is -3.52. The molecule has 0 aliphatic carbocycles. The SMILES string of the molecule is COCOc1ccc([B-](F)(F)F)c(C)c1.[K+]. The summed E-state index contributed by atoms with van der Waals surface area (Å²) in [6, 6.07) is 3.67. The minimum atomic E-state index is -4.95. The average molecular weight is 258 g/mol. The molecule has 0 radical (unpaired) electrons. The molecule has 0 N–H and O–H groups in total. The van der Waals surface area contributed by atoms with Crippen molar-refractivity contribution in [3.05, 3.63) is 23.8 Å². The van der Waals surface area contributed by atoms with Crippen LogP contribution in [0.3, 0.4) is 0 Å². The molecule has 84 valence electrons. The number of methoxy groups -OCH3 is 1. The van der Waals surface area contributed by atoms with Crippen molar-refractivity contribution in [3.8, 4) is 5.75 Å². The zero-order chi connectivity index (χ0) is 11.5. The zero-order valence-corrected chi connectivity index (χ0v) is 12.6. The maximum atomic E-state index is 12.4. The third kappa shape index (κ3) is 4.77. The van der Waals surface area contributed by atoms with E-state index < -0.39 is 12.4 Å². The summed E-state index contributed by atoms with van der Waals surface area (Å²) < 4.78 is 47.0. The Labute approximate surface area is 135 Å². The molecule has 2 nitrogen and oxygen atoms in total. The molecule has 0 fully saturated rings. The summed E-state index contributed by atoms with van der Waals surface area (Å²) in [5, 5.41) is 0. The fraction of sp³-hybridized carbons (Fsp3) is 0.333. The van der Waals surface area contributed by atoms with Crippen LogP contribution in [0.4, 0.5) is 12.9 Å². The minimum absolute atomic E-state index is 0. The van der Waals surface area contributed by atoms with Crippen LogP contribution in [0, 0.1) is 6.92 Å². The topological polar surface area (TPSA) is 18.5 Å². The van der Waals surface area contributed by atoms with Gasteiger partial charge in [-0.15, -0.1) is 5.46 Å². The molecule has 0 heterocycles. The van der Waals surface area contributed by atoms with Crippen LogP contribution in [0.25, 0.3) is 0 Å². The van der Waals surface area contributed by atoms with E-state index in [4.69, 9.17) is 4.74 Å². The Kier molecular flexibility index (Phi) is 7.23. The van der Waals surface area contributed by atoms with Crippen molar-refractivity contribution >= 4 is 12.4 Å². The molecule has 7 heteroatoms. The monoisotopic (exact) mass is 258 g/mol. The van der Waals surface area contributed by atoms with Crippen LogP contribution in [-0.4, -0.2) is 20.9 Å². The van der Waals surface area contributed by atoms with E-state index in [0.717, 1.165) is 6.07 Å². The van der Waals surface area contributed by atoms with Crippen molar-refractivity contribution in [2.24, 2.45) is 0 Å². The first-order valence-corrected chi connectivity index (χ1v) is 4.37. The van der Waals surface area contributed by atoms with E-state index >= 15 is 0 Å². The largest absolute Gasteiger partial charge is 1.00 e. The van der Waals surface area contributed by atoms with E-state index in [-0.39, 0.29) is 63.7 Å². The Balaban J connectivity index is 0.00000225. The third-order valence-corrected chi connectivity index (χ3v) is 1.94. The molecular formula is C9H11BF3KO2. The number of aryl methyl sites for hydroxylation is 1. The van der Waals surface area contributed by atoms with Gasteiger partial charge in [-0.05, 0) is 19.1 Å². The third-order valence-electron chi connectivity index (χ3n) is 1.94. The molecule has 1 aromatic rings. The molecule has 0 bridgehead atoms. The van der Waals surface area contributed by atoms with Crippen molar-refractivity contribution in [3.63, 3.8) is 0 Å². The summed E-state index contributed by atoms with van der Waals surface area (Å²) in [5.74, 6) is 0.373. The Morgan fingerprint density at radius 3 is 2.31 bits per heavy atom. The number of hydrogen-bond acceptors (Lipinski definition) is 2. The van der Waals surface area contributed by atoms with Crippen molar-refractivity contribution < 1.29 is 73.8 Å². The van der Waals surface area contributed by atoms with Gasteiger partial charge in [-0.25, -0.2) is 0 Å². The number of benzene rings is 1. The van der Waals surface area contributed by atoms with E-state index in [0.29, 0.717) is 5.75 Å². The molecular weight excluding hydrogens is 247 g/mol. The van der Waals surface area contributed by atoms with Gasteiger partial charge in [0.25, 0.3) is 0 Å². The molecule has 0 spiro atoms. The van der Waals surface area contributed by atoms with Gasteiger partial charge in [-0.3, -0.25) is 0 Å². The molecule has 0 aliphatic heterocycles. The first-order chi connectivity index (χ1) is 6.95. The van der Waals surface area contributed by atoms with Crippen molar-refractivity contribution in [1.29, 1.82) is 0 Å². The van der Waals surface area contributed by atoms with Gasteiger partial charge in [0, 0.05) is 7.11 Å². The number of hydrogen-bond donors (Lipinski definition) is 0. The second kappa shape index (κ2) is 7.03. The van der Waals surface area contributed by atoms with Crippen LogP contribution in [0.15, 0.2) is 18.2 Å². The molecule has 0 saturated carbocycles. The van der Waals surface area contributed by atoms with Gasteiger partial charge in [0.2, 0.25) is 0 Å². The van der Waals surface area contributed by atoms with Gasteiger partial charge in [0.1, 0.15) is 5.75 Å². The van der Waals surface area contributed by atoms with Crippen LogP contribution in [0.1, 0.15) is 5.56 Å². The van der Waals surface area contributed by atoms with E-state index in [2.05, 4.69) is 4.74 Å². The van der Waals surface area contributed by atoms with E-state index in [1.165, 1.54) is 26.2 Å². The molecule has 0 amide bonds. The van der Waals surface area contributed by atoms with Crippen LogP contribution >= 0.6 is 0 Å². The number of halogens is 3. The van der Waals surface area contributed by atoms with Gasteiger partial charge < -0.3 is 22.4 Å². The van der Waals surface area contributed by atoms with Crippen LogP contribution < -0.4 is 61.6 Å². The van der Waals surface area contributed by atoms with Crippen molar-refractivity contribution in [2.45, 2.75) is 6.92 Å². The standard InChI is InChI=1S/C9H11BF3O2.K/c1-7-5-8(15-6-14-2)3-4-9(7)10(11,12)13;/h3-5H,6H2,1-2H3;/q-1;+1. The molecule has 0 atom stereocenters. The zero-order valence-electron chi connectivity index (χ0n) is 9.47. The number of ether oxygens (including phenoxy) is 2. The first-order valence-electron chi connectivity index (χ1n) is 4.37. The Morgan fingerprint density at radius 2 is 1.88 bits per heavy atom. The van der Waals surface area contributed by atoms with Crippen LogP contribution in [-0.2, 0) is 4.74 Å². The van der Waals surface area contributed by atoms with E-state index in [9.17, 15) is 12.9 Å². The van der Waals surface area contributed by atoms with Gasteiger partial charge >= 0.3 is 58.4 Å². The summed E-state index contributed by atoms with van der Waals surface area (Å²) >= 11 is 0. The Morgan fingerprint density at radius 1 is 1.25 bits per heavy atom. The van der Waals surface area contributed by atoms with E-state index in [1.54, 1.807) is 0 Å². The minimum Gasteiger partial charge on any atom is -0.468 e. The summed E-state index contributed by atoms with van der Waals surface area (Å²) in [4.78, 5) is 0. The molecule has 0 saturated heterocycles. The van der Waals surface area contributed by atoms with Gasteiger partial charge in [0.15, 0.2) is 6.79 Å². The molecule has 0 aromatic heterocycles. The fourth-order valence-electron chi connectivity index (χ4n) is 1.23. The quantitative estimate of drug-likeness (QED) is 0.511. The molecule has 1 rings (SSSR count). The smallest absolute Gasteiger partial charge is 0.468 e. The van der Waals surface area contributed by atoms with E-state index in [1.807, 2.05) is 0 Å². The van der Waals surface area contributed by atoms with Gasteiger partial charge in [0.05, 0.1) is 0 Å². The summed E-state index contributed by atoms with van der Waals surface area (Å²) in [6.07, 6.45) is 0. The van der Waals surface area contributed by atoms with Crippen LogP contribution in [0.5, 0.6) is 5.75 Å². The second-order valence-electron chi connectivity index (χ2n) is 3.14. The fourth-order valence-corrected chi connectivity index (χ4v) is 1.23. The normalized spacial score (nSPS) is 10.8. The van der Waals surface area contributed by atoms with Crippen molar-refractivity contribution in [1.82, 2.24) is 0 Å². The second-order valence-corrected chi connectivity index (χ2v) is 3.14. The molecule has 1 aromatic carbocycles. The summed E-state index contributed by atoms with van der Waals surface area (Å²) in [7, 11) is 1.44. The molecule has 16 heavy (non-hydrogen) atoms. The predicted octanol–water partition coefficient (Wildman–Crippen LogP) is -0.964. The Hall–Kier alpha value is 0.471.